The van der Waals surface area contributed by atoms with Crippen molar-refractivity contribution in [3.05, 3.63) is 12.2 Å². The molecule has 1 amide bonds. The van der Waals surface area contributed by atoms with Gasteiger partial charge in [0, 0.05) is 6.42 Å². The van der Waals surface area contributed by atoms with Crippen LogP contribution in [0.25, 0.3) is 0 Å². The molecule has 9 nitrogen and oxygen atoms in total. The van der Waals surface area contributed by atoms with E-state index in [0.29, 0.717) is 6.42 Å². The predicted molar refractivity (Wildman–Crippen MR) is 281 cm³/mol. The fourth-order valence-corrected chi connectivity index (χ4v) is 9.69. The number of carbonyl (C=O) groups excluding carboxylic acids is 1. The summed E-state index contributed by atoms with van der Waals surface area (Å²) < 4.78 is 11.2. The number of aliphatic hydroxyl groups is 5. The van der Waals surface area contributed by atoms with Crippen molar-refractivity contribution in [1.29, 1.82) is 0 Å². The predicted octanol–water partition coefficient (Wildman–Crippen LogP) is 14.4. The Kier molecular flexibility index (Phi) is 46.3. The van der Waals surface area contributed by atoms with Gasteiger partial charge in [-0.1, -0.05) is 283 Å². The van der Waals surface area contributed by atoms with Gasteiger partial charge in [0.2, 0.25) is 5.91 Å². The van der Waals surface area contributed by atoms with Gasteiger partial charge in [0.25, 0.3) is 0 Å². The molecule has 0 radical (unpaired) electrons. The average molecular weight is 953 g/mol. The molecule has 398 valence electrons. The third-order valence-corrected chi connectivity index (χ3v) is 14.4. The van der Waals surface area contributed by atoms with Crippen molar-refractivity contribution < 1.29 is 39.8 Å². The van der Waals surface area contributed by atoms with Crippen LogP contribution < -0.4 is 5.32 Å². The fourth-order valence-electron chi connectivity index (χ4n) is 9.69. The summed E-state index contributed by atoms with van der Waals surface area (Å²) in [5.41, 5.74) is 0. The number of unbranched alkanes of at least 4 members (excludes halogenated alkanes) is 41. The maximum Gasteiger partial charge on any atom is 0.220 e. The second-order valence-electron chi connectivity index (χ2n) is 20.8. The zero-order valence-corrected chi connectivity index (χ0v) is 44.2. The molecule has 1 saturated heterocycles. The molecule has 0 aromatic rings. The topological polar surface area (TPSA) is 149 Å². The van der Waals surface area contributed by atoms with E-state index in [1.807, 2.05) is 6.08 Å². The Morgan fingerprint density at radius 2 is 0.821 bits per heavy atom. The molecule has 0 aliphatic carbocycles. The van der Waals surface area contributed by atoms with Crippen molar-refractivity contribution in [2.45, 2.75) is 339 Å². The van der Waals surface area contributed by atoms with Crippen molar-refractivity contribution in [3.8, 4) is 0 Å². The summed E-state index contributed by atoms with van der Waals surface area (Å²) in [6, 6.07) is -0.798. The first-order valence-corrected chi connectivity index (χ1v) is 29.4. The summed E-state index contributed by atoms with van der Waals surface area (Å²) in [5.74, 6) is -0.172. The largest absolute Gasteiger partial charge is 0.394 e. The Balaban J connectivity index is 2.03. The van der Waals surface area contributed by atoms with Crippen LogP contribution >= 0.6 is 0 Å². The highest BCUT2D eigenvalue weighted by atomic mass is 16.7. The van der Waals surface area contributed by atoms with E-state index in [2.05, 4.69) is 19.2 Å². The zero-order valence-electron chi connectivity index (χ0n) is 44.2. The lowest BCUT2D eigenvalue weighted by atomic mass is 9.99. The van der Waals surface area contributed by atoms with E-state index in [9.17, 15) is 30.3 Å². The number of nitrogens with one attached hydrogen (secondary N) is 1. The van der Waals surface area contributed by atoms with Crippen molar-refractivity contribution in [3.63, 3.8) is 0 Å². The fraction of sp³-hybridized carbons (Fsp3) is 0.948. The molecule has 9 heteroatoms. The average Bonchev–Trinajstić information content (AvgIpc) is 3.33. The maximum absolute atomic E-state index is 13.0. The Morgan fingerprint density at radius 3 is 1.16 bits per heavy atom. The number of carbonyl (C=O) groups is 1. The van der Waals surface area contributed by atoms with E-state index < -0.39 is 49.5 Å². The van der Waals surface area contributed by atoms with Gasteiger partial charge in [-0.3, -0.25) is 4.79 Å². The maximum atomic E-state index is 13.0. The molecule has 0 aromatic carbocycles. The van der Waals surface area contributed by atoms with Crippen LogP contribution in [-0.4, -0.2) is 87.5 Å². The van der Waals surface area contributed by atoms with Gasteiger partial charge in [-0.25, -0.2) is 0 Å². The molecule has 0 aromatic heterocycles. The lowest BCUT2D eigenvalue weighted by Gasteiger charge is -2.40. The SMILES string of the molecule is CCCCCCCCCC/C=C/[C@@H](O)[C@H](CO[C@@H]1O[C@H](CO)[C@H](O)C(O)C1O)NC(=O)CCCCCCCCCCCCCCCCCCCCCCCCCCCCCCCCCCCC. The Hall–Kier alpha value is -1.07. The first kappa shape index (κ1) is 63.9. The van der Waals surface area contributed by atoms with E-state index in [4.69, 9.17) is 9.47 Å². The highest BCUT2D eigenvalue weighted by Gasteiger charge is 2.44. The monoisotopic (exact) mass is 952 g/mol. The number of hydrogen-bond acceptors (Lipinski definition) is 8. The van der Waals surface area contributed by atoms with Gasteiger partial charge >= 0.3 is 0 Å². The summed E-state index contributed by atoms with van der Waals surface area (Å²) in [6.45, 7) is 3.78. The molecule has 2 unspecified atom stereocenters. The number of rotatable bonds is 51. The van der Waals surface area contributed by atoms with Crippen molar-refractivity contribution >= 4 is 5.91 Å². The molecular formula is C58H113NO8. The molecule has 6 N–H and O–H groups in total. The van der Waals surface area contributed by atoms with Crippen LogP contribution in [0.3, 0.4) is 0 Å². The minimum absolute atomic E-state index is 0.172. The standard InChI is InChI=1S/C58H113NO8/c1-3-5-7-9-11-13-15-16-17-18-19-20-21-22-23-24-25-26-27-28-29-30-31-32-33-34-35-36-37-38-40-42-44-46-48-54(62)59-51(50-66-58-57(65)56(64)55(63)53(49-60)67-58)52(61)47-45-43-41-39-14-12-10-8-6-4-2/h45,47,51-53,55-58,60-61,63-65H,3-44,46,48-50H2,1-2H3,(H,59,62)/b47-45+/t51-,52+,53+,55-,56?,57?,58+/m0/s1. The number of hydrogen-bond donors (Lipinski definition) is 6. The van der Waals surface area contributed by atoms with Crippen LogP contribution in [0.2, 0.25) is 0 Å². The summed E-state index contributed by atoms with van der Waals surface area (Å²) in [4.78, 5) is 13.0. The van der Waals surface area contributed by atoms with Gasteiger partial charge in [-0.2, -0.15) is 0 Å². The molecule has 1 aliphatic heterocycles. The lowest BCUT2D eigenvalue weighted by molar-refractivity contribution is -0.302. The quantitative estimate of drug-likeness (QED) is 0.0261. The van der Waals surface area contributed by atoms with Gasteiger partial charge in [-0.15, -0.1) is 0 Å². The van der Waals surface area contributed by atoms with Gasteiger partial charge in [-0.05, 0) is 19.3 Å². The van der Waals surface area contributed by atoms with E-state index in [0.717, 1.165) is 38.5 Å². The van der Waals surface area contributed by atoms with Gasteiger partial charge < -0.3 is 40.3 Å². The minimum atomic E-state index is -1.56. The molecular weight excluding hydrogens is 839 g/mol. The third kappa shape index (κ3) is 38.3. The van der Waals surface area contributed by atoms with Gasteiger partial charge in [0.15, 0.2) is 6.29 Å². The number of aliphatic hydroxyl groups excluding tert-OH is 5. The second kappa shape index (κ2) is 48.6. The summed E-state index contributed by atoms with van der Waals surface area (Å²) in [7, 11) is 0. The number of amides is 1. The van der Waals surface area contributed by atoms with Gasteiger partial charge in [0.05, 0.1) is 25.4 Å². The molecule has 1 fully saturated rings. The van der Waals surface area contributed by atoms with Crippen LogP contribution in [0.15, 0.2) is 12.2 Å². The second-order valence-corrected chi connectivity index (χ2v) is 20.8. The number of ether oxygens (including phenoxy) is 2. The van der Waals surface area contributed by atoms with Crippen LogP contribution in [0.5, 0.6) is 0 Å². The van der Waals surface area contributed by atoms with Crippen molar-refractivity contribution in [2.75, 3.05) is 13.2 Å². The third-order valence-electron chi connectivity index (χ3n) is 14.4. The highest BCUT2D eigenvalue weighted by molar-refractivity contribution is 5.76. The van der Waals surface area contributed by atoms with Crippen molar-refractivity contribution in [2.24, 2.45) is 0 Å². The summed E-state index contributed by atoms with van der Waals surface area (Å²) in [5, 5.41) is 54.2. The van der Waals surface area contributed by atoms with E-state index in [1.54, 1.807) is 6.08 Å². The smallest absolute Gasteiger partial charge is 0.220 e. The van der Waals surface area contributed by atoms with Gasteiger partial charge in [0.1, 0.15) is 24.4 Å². The minimum Gasteiger partial charge on any atom is -0.394 e. The van der Waals surface area contributed by atoms with E-state index in [-0.39, 0.29) is 12.5 Å². The van der Waals surface area contributed by atoms with Crippen LogP contribution in [-0.2, 0) is 14.3 Å². The molecule has 7 atom stereocenters. The Bertz CT molecular complexity index is 1060. The number of allylic oxidation sites excluding steroid dienone is 1. The Morgan fingerprint density at radius 1 is 0.493 bits per heavy atom. The van der Waals surface area contributed by atoms with E-state index in [1.165, 1.54) is 238 Å². The Labute approximate surface area is 414 Å². The molecule has 67 heavy (non-hydrogen) atoms. The molecule has 1 heterocycles. The summed E-state index contributed by atoms with van der Waals surface area (Å²) >= 11 is 0. The van der Waals surface area contributed by atoms with E-state index >= 15 is 0 Å². The van der Waals surface area contributed by atoms with Crippen molar-refractivity contribution in [1.82, 2.24) is 5.32 Å². The lowest BCUT2D eigenvalue weighted by Crippen LogP contribution is -2.60. The van der Waals surface area contributed by atoms with Crippen LogP contribution in [0.4, 0.5) is 0 Å². The molecule has 0 saturated carbocycles. The molecule has 1 rings (SSSR count). The zero-order chi connectivity index (χ0) is 48.7. The van der Waals surface area contributed by atoms with Crippen LogP contribution in [0.1, 0.15) is 296 Å². The summed E-state index contributed by atoms with van der Waals surface area (Å²) in [6.07, 6.45) is 53.2. The first-order valence-electron chi connectivity index (χ1n) is 29.4. The normalized spacial score (nSPS) is 19.7. The highest BCUT2D eigenvalue weighted by Crippen LogP contribution is 2.23. The first-order chi connectivity index (χ1) is 32.8. The molecule has 0 spiro atoms. The van der Waals surface area contributed by atoms with Crippen LogP contribution in [0, 0.1) is 0 Å². The molecule has 1 aliphatic rings. The molecule has 0 bridgehead atoms.